The van der Waals surface area contributed by atoms with Crippen LogP contribution in [0.25, 0.3) is 11.0 Å². The maximum Gasteiger partial charge on any atom is 0.227 e. The van der Waals surface area contributed by atoms with Crippen LogP contribution in [0.5, 0.6) is 0 Å². The molecule has 1 amide bonds. The molecule has 1 fully saturated rings. The molecular weight excluding hydrogens is 312 g/mol. The lowest BCUT2D eigenvalue weighted by Crippen LogP contribution is -2.31. The molecule has 0 aliphatic carbocycles. The molecule has 0 unspecified atom stereocenters. The molecule has 0 saturated carbocycles. The summed E-state index contributed by atoms with van der Waals surface area (Å²) in [6.07, 6.45) is 7.80. The molecule has 0 spiro atoms. The zero-order valence-electron chi connectivity index (χ0n) is 14.7. The predicted octanol–water partition coefficient (Wildman–Crippen LogP) is 4.35. The van der Waals surface area contributed by atoms with Gasteiger partial charge in [0.15, 0.2) is 0 Å². The van der Waals surface area contributed by atoms with Gasteiger partial charge >= 0.3 is 0 Å². The van der Waals surface area contributed by atoms with Crippen molar-refractivity contribution in [2.45, 2.75) is 39.2 Å². The Morgan fingerprint density at radius 1 is 1.32 bits per heavy atom. The second-order valence-corrected chi connectivity index (χ2v) is 6.85. The van der Waals surface area contributed by atoms with Crippen molar-refractivity contribution in [1.29, 1.82) is 0 Å². The van der Waals surface area contributed by atoms with Crippen LogP contribution in [0.15, 0.2) is 47.3 Å². The van der Waals surface area contributed by atoms with Crippen molar-refractivity contribution in [1.82, 2.24) is 9.88 Å². The number of carbonyl (C=O) groups excluding carboxylic acids is 1. The monoisotopic (exact) mass is 334 g/mol. The average Bonchev–Trinajstić information content (AvgIpc) is 3.26. The van der Waals surface area contributed by atoms with E-state index in [9.17, 15) is 4.79 Å². The molecule has 1 saturated heterocycles. The van der Waals surface area contributed by atoms with Crippen LogP contribution in [-0.2, 0) is 11.2 Å². The molecule has 1 aromatic carbocycles. The number of aromatic nitrogens is 1. The summed E-state index contributed by atoms with van der Waals surface area (Å²) in [6, 6.07) is 8.29. The number of amides is 1. The molecule has 1 aliphatic heterocycles. The standard InChI is InChI=1S/C21H22N2O2/c1-14-7-8-18-17(13-25-21(18)15(14)2)11-20(24)23-10-4-6-19(23)16-5-3-9-22-12-16/h3,5,7-9,12-13,19H,4,6,10-11H2,1-2H3/t19-/m0/s1. The Balaban J connectivity index is 1.59. The lowest BCUT2D eigenvalue weighted by molar-refractivity contribution is -0.131. The SMILES string of the molecule is Cc1ccc2c(CC(=O)N3CCC[C@H]3c3cccnc3)coc2c1C. The second-order valence-electron chi connectivity index (χ2n) is 6.85. The molecule has 0 radical (unpaired) electrons. The Labute approximate surface area is 147 Å². The van der Waals surface area contributed by atoms with Crippen molar-refractivity contribution < 1.29 is 9.21 Å². The molecule has 3 aromatic rings. The molecule has 0 N–H and O–H groups in total. The normalized spacial score (nSPS) is 17.4. The lowest BCUT2D eigenvalue weighted by atomic mass is 10.0. The first kappa shape index (κ1) is 15.9. The van der Waals surface area contributed by atoms with E-state index in [-0.39, 0.29) is 11.9 Å². The summed E-state index contributed by atoms with van der Waals surface area (Å²) in [5, 5.41) is 1.05. The number of aryl methyl sites for hydroxylation is 2. The van der Waals surface area contributed by atoms with E-state index in [4.69, 9.17) is 4.42 Å². The first-order valence-corrected chi connectivity index (χ1v) is 8.81. The van der Waals surface area contributed by atoms with Crippen LogP contribution < -0.4 is 0 Å². The van der Waals surface area contributed by atoms with E-state index < -0.39 is 0 Å². The fourth-order valence-corrected chi connectivity index (χ4v) is 3.77. The van der Waals surface area contributed by atoms with Crippen LogP contribution >= 0.6 is 0 Å². The first-order chi connectivity index (χ1) is 12.1. The summed E-state index contributed by atoms with van der Waals surface area (Å²) in [4.78, 5) is 19.2. The highest BCUT2D eigenvalue weighted by Crippen LogP contribution is 2.33. The zero-order chi connectivity index (χ0) is 17.4. The van der Waals surface area contributed by atoms with Crippen LogP contribution in [-0.4, -0.2) is 22.3 Å². The van der Waals surface area contributed by atoms with Crippen molar-refractivity contribution >= 4 is 16.9 Å². The van der Waals surface area contributed by atoms with Gasteiger partial charge in [0.2, 0.25) is 5.91 Å². The van der Waals surface area contributed by atoms with E-state index in [0.29, 0.717) is 6.42 Å². The number of pyridine rings is 1. The highest BCUT2D eigenvalue weighted by atomic mass is 16.3. The topological polar surface area (TPSA) is 46.3 Å². The van der Waals surface area contributed by atoms with Crippen LogP contribution in [0, 0.1) is 13.8 Å². The van der Waals surface area contributed by atoms with E-state index in [1.807, 2.05) is 17.2 Å². The average molecular weight is 334 g/mol. The first-order valence-electron chi connectivity index (χ1n) is 8.81. The van der Waals surface area contributed by atoms with E-state index in [1.165, 1.54) is 5.56 Å². The van der Waals surface area contributed by atoms with Crippen LogP contribution in [0.4, 0.5) is 0 Å². The number of rotatable bonds is 3. The van der Waals surface area contributed by atoms with Crippen LogP contribution in [0.3, 0.4) is 0 Å². The van der Waals surface area contributed by atoms with Crippen LogP contribution in [0.1, 0.15) is 41.1 Å². The Morgan fingerprint density at radius 2 is 2.20 bits per heavy atom. The van der Waals surface area contributed by atoms with Crippen molar-refractivity contribution in [2.24, 2.45) is 0 Å². The molecule has 4 heteroatoms. The summed E-state index contributed by atoms with van der Waals surface area (Å²) in [5.41, 5.74) is 5.34. The summed E-state index contributed by atoms with van der Waals surface area (Å²) in [5.74, 6) is 0.160. The highest BCUT2D eigenvalue weighted by Gasteiger charge is 2.30. The number of hydrogen-bond acceptors (Lipinski definition) is 3. The van der Waals surface area contributed by atoms with Gasteiger partial charge in [-0.3, -0.25) is 9.78 Å². The summed E-state index contributed by atoms with van der Waals surface area (Å²) < 4.78 is 5.75. The maximum atomic E-state index is 13.0. The number of furan rings is 1. The smallest absolute Gasteiger partial charge is 0.227 e. The summed E-state index contributed by atoms with van der Waals surface area (Å²) in [6.45, 7) is 4.95. The second kappa shape index (κ2) is 6.36. The third-order valence-electron chi connectivity index (χ3n) is 5.33. The molecule has 1 atom stereocenters. The largest absolute Gasteiger partial charge is 0.464 e. The van der Waals surface area contributed by atoms with Gasteiger partial charge in [-0.05, 0) is 49.4 Å². The zero-order valence-corrected chi connectivity index (χ0v) is 14.7. The minimum atomic E-state index is 0.142. The Kier molecular flexibility index (Phi) is 4.04. The van der Waals surface area contributed by atoms with Gasteiger partial charge in [-0.2, -0.15) is 0 Å². The van der Waals surface area contributed by atoms with Gasteiger partial charge in [0.1, 0.15) is 5.58 Å². The molecule has 4 rings (SSSR count). The molecule has 3 heterocycles. The number of likely N-dealkylation sites (tertiary alicyclic amines) is 1. The van der Waals surface area contributed by atoms with E-state index in [1.54, 1.807) is 12.5 Å². The van der Waals surface area contributed by atoms with Gasteiger partial charge in [0.25, 0.3) is 0 Å². The third kappa shape index (κ3) is 2.82. The number of carbonyl (C=O) groups is 1. The fourth-order valence-electron chi connectivity index (χ4n) is 3.77. The van der Waals surface area contributed by atoms with Gasteiger partial charge in [0, 0.05) is 29.9 Å². The van der Waals surface area contributed by atoms with Crippen molar-refractivity contribution in [3.8, 4) is 0 Å². The Hall–Kier alpha value is -2.62. The minimum absolute atomic E-state index is 0.142. The molecule has 0 bridgehead atoms. The fraction of sp³-hybridized carbons (Fsp3) is 0.333. The number of hydrogen-bond donors (Lipinski definition) is 0. The van der Waals surface area contributed by atoms with Gasteiger partial charge in [0.05, 0.1) is 18.7 Å². The van der Waals surface area contributed by atoms with Crippen molar-refractivity contribution in [3.63, 3.8) is 0 Å². The Morgan fingerprint density at radius 3 is 3.00 bits per heavy atom. The molecule has 1 aliphatic rings. The number of fused-ring (bicyclic) bond motifs is 1. The van der Waals surface area contributed by atoms with Gasteiger partial charge in [-0.15, -0.1) is 0 Å². The number of nitrogens with zero attached hydrogens (tertiary/aromatic N) is 2. The van der Waals surface area contributed by atoms with E-state index in [2.05, 4.69) is 37.0 Å². The summed E-state index contributed by atoms with van der Waals surface area (Å²) in [7, 11) is 0. The molecule has 4 nitrogen and oxygen atoms in total. The minimum Gasteiger partial charge on any atom is -0.464 e. The van der Waals surface area contributed by atoms with Gasteiger partial charge < -0.3 is 9.32 Å². The highest BCUT2D eigenvalue weighted by molar-refractivity contribution is 5.89. The van der Waals surface area contributed by atoms with Crippen LogP contribution in [0.2, 0.25) is 0 Å². The maximum absolute atomic E-state index is 13.0. The Bertz CT molecular complexity index is 914. The predicted molar refractivity (Wildman–Crippen MR) is 97.3 cm³/mol. The molecule has 128 valence electrons. The van der Waals surface area contributed by atoms with Gasteiger partial charge in [-0.25, -0.2) is 0 Å². The third-order valence-corrected chi connectivity index (χ3v) is 5.33. The quantitative estimate of drug-likeness (QED) is 0.715. The van der Waals surface area contributed by atoms with E-state index in [0.717, 1.165) is 47.0 Å². The number of benzene rings is 1. The summed E-state index contributed by atoms with van der Waals surface area (Å²) >= 11 is 0. The van der Waals surface area contributed by atoms with E-state index >= 15 is 0 Å². The lowest BCUT2D eigenvalue weighted by Gasteiger charge is -2.24. The molecule has 2 aromatic heterocycles. The molecular formula is C21H22N2O2. The van der Waals surface area contributed by atoms with Gasteiger partial charge in [-0.1, -0.05) is 18.2 Å². The molecule has 25 heavy (non-hydrogen) atoms. The van der Waals surface area contributed by atoms with Crippen molar-refractivity contribution in [2.75, 3.05) is 6.54 Å². The van der Waals surface area contributed by atoms with Crippen molar-refractivity contribution in [3.05, 3.63) is 65.2 Å².